The van der Waals surface area contributed by atoms with E-state index in [4.69, 9.17) is 4.74 Å². The molecule has 0 spiro atoms. The fourth-order valence-corrected chi connectivity index (χ4v) is 1.81. The molecule has 104 valence electrons. The van der Waals surface area contributed by atoms with Crippen molar-refractivity contribution in [3.8, 4) is 0 Å². The van der Waals surface area contributed by atoms with Crippen molar-refractivity contribution in [3.05, 3.63) is 18.2 Å². The zero-order valence-electron chi connectivity index (χ0n) is 10.3. The van der Waals surface area contributed by atoms with Gasteiger partial charge in [0.25, 0.3) is 5.91 Å². The van der Waals surface area contributed by atoms with Crippen LogP contribution in [0.4, 0.5) is 0 Å². The number of aromatic amines is 1. The summed E-state index contributed by atoms with van der Waals surface area (Å²) in [6.45, 7) is 1.43. The number of amides is 2. The van der Waals surface area contributed by atoms with Crippen molar-refractivity contribution in [3.63, 3.8) is 0 Å². The van der Waals surface area contributed by atoms with Crippen molar-refractivity contribution < 1.29 is 19.4 Å². The first-order valence-corrected chi connectivity index (χ1v) is 5.99. The van der Waals surface area contributed by atoms with Gasteiger partial charge in [-0.25, -0.2) is 4.98 Å². The van der Waals surface area contributed by atoms with Gasteiger partial charge in [-0.2, -0.15) is 0 Å². The van der Waals surface area contributed by atoms with Crippen LogP contribution in [0.3, 0.4) is 0 Å². The Kier molecular flexibility index (Phi) is 4.48. The lowest BCUT2D eigenvalue weighted by atomic mass is 10.2. The summed E-state index contributed by atoms with van der Waals surface area (Å²) in [7, 11) is 0. The van der Waals surface area contributed by atoms with Gasteiger partial charge in [-0.05, 0) is 0 Å². The highest BCUT2D eigenvalue weighted by atomic mass is 16.5. The predicted molar refractivity (Wildman–Crippen MR) is 64.3 cm³/mol. The summed E-state index contributed by atoms with van der Waals surface area (Å²) in [6.07, 6.45) is 2.72. The molecule has 0 radical (unpaired) electrons. The molecule has 2 amide bonds. The molecular formula is C11H16N4O4. The number of nitrogens with one attached hydrogen (secondary N) is 2. The lowest BCUT2D eigenvalue weighted by Crippen LogP contribution is -2.53. The Bertz CT molecular complexity index is 428. The summed E-state index contributed by atoms with van der Waals surface area (Å²) < 4.78 is 5.15. The Morgan fingerprint density at radius 2 is 2.26 bits per heavy atom. The van der Waals surface area contributed by atoms with Gasteiger partial charge in [-0.15, -0.1) is 0 Å². The lowest BCUT2D eigenvalue weighted by Gasteiger charge is -2.30. The van der Waals surface area contributed by atoms with Gasteiger partial charge in [-0.1, -0.05) is 0 Å². The maximum Gasteiger partial charge on any atom is 0.270 e. The van der Waals surface area contributed by atoms with E-state index in [9.17, 15) is 14.7 Å². The van der Waals surface area contributed by atoms with E-state index < -0.39 is 18.6 Å². The van der Waals surface area contributed by atoms with Crippen molar-refractivity contribution in [2.75, 3.05) is 32.9 Å². The van der Waals surface area contributed by atoms with Gasteiger partial charge in [0.05, 0.1) is 32.3 Å². The SMILES string of the molecule is O=C(N[C@@H](CO)C(=O)N1CCOCC1)c1cnc[nH]1. The Morgan fingerprint density at radius 3 is 2.84 bits per heavy atom. The minimum Gasteiger partial charge on any atom is -0.394 e. The highest BCUT2D eigenvalue weighted by molar-refractivity contribution is 5.96. The topological polar surface area (TPSA) is 108 Å². The molecule has 0 aromatic carbocycles. The van der Waals surface area contributed by atoms with Crippen molar-refractivity contribution >= 4 is 11.8 Å². The lowest BCUT2D eigenvalue weighted by molar-refractivity contribution is -0.138. The second kappa shape index (κ2) is 6.30. The average molecular weight is 268 g/mol. The number of aliphatic hydroxyl groups excluding tert-OH is 1. The molecule has 3 N–H and O–H groups in total. The number of nitrogens with zero attached hydrogens (tertiary/aromatic N) is 2. The van der Waals surface area contributed by atoms with Crippen LogP contribution in [0.2, 0.25) is 0 Å². The first-order valence-electron chi connectivity index (χ1n) is 5.99. The van der Waals surface area contributed by atoms with E-state index >= 15 is 0 Å². The summed E-state index contributed by atoms with van der Waals surface area (Å²) >= 11 is 0. The van der Waals surface area contributed by atoms with Crippen molar-refractivity contribution in [1.29, 1.82) is 0 Å². The van der Waals surface area contributed by atoms with E-state index in [1.807, 2.05) is 0 Å². The molecule has 0 bridgehead atoms. The minimum atomic E-state index is -0.950. The molecule has 1 aromatic heterocycles. The maximum atomic E-state index is 12.1. The molecule has 1 fully saturated rings. The van der Waals surface area contributed by atoms with Crippen LogP contribution >= 0.6 is 0 Å². The highest BCUT2D eigenvalue weighted by Gasteiger charge is 2.27. The summed E-state index contributed by atoms with van der Waals surface area (Å²) in [4.78, 5) is 31.8. The largest absolute Gasteiger partial charge is 0.394 e. The van der Waals surface area contributed by atoms with Crippen molar-refractivity contribution in [1.82, 2.24) is 20.2 Å². The molecule has 1 aromatic rings. The Labute approximate surface area is 109 Å². The van der Waals surface area contributed by atoms with Gasteiger partial charge >= 0.3 is 0 Å². The Hall–Kier alpha value is -1.93. The monoisotopic (exact) mass is 268 g/mol. The maximum absolute atomic E-state index is 12.1. The first-order chi connectivity index (χ1) is 9.22. The van der Waals surface area contributed by atoms with Crippen LogP contribution in [0.1, 0.15) is 10.5 Å². The fraction of sp³-hybridized carbons (Fsp3) is 0.545. The van der Waals surface area contributed by atoms with E-state index in [0.29, 0.717) is 26.3 Å². The van der Waals surface area contributed by atoms with Crippen LogP contribution in [0, 0.1) is 0 Å². The number of hydrogen-bond acceptors (Lipinski definition) is 5. The molecule has 2 rings (SSSR count). The number of carbonyl (C=O) groups excluding carboxylic acids is 2. The third-order valence-corrected chi connectivity index (χ3v) is 2.85. The Balaban J connectivity index is 1.95. The molecule has 0 aliphatic carbocycles. The predicted octanol–water partition coefficient (Wildman–Crippen LogP) is -1.64. The quantitative estimate of drug-likeness (QED) is 0.607. The zero-order chi connectivity index (χ0) is 13.7. The number of rotatable bonds is 4. The van der Waals surface area contributed by atoms with Crippen LogP contribution in [0.25, 0.3) is 0 Å². The highest BCUT2D eigenvalue weighted by Crippen LogP contribution is 2.02. The summed E-state index contributed by atoms with van der Waals surface area (Å²) in [5, 5.41) is 11.7. The van der Waals surface area contributed by atoms with E-state index in [-0.39, 0.29) is 11.6 Å². The van der Waals surface area contributed by atoms with Gasteiger partial charge in [0, 0.05) is 13.1 Å². The van der Waals surface area contributed by atoms with Gasteiger partial charge in [0.2, 0.25) is 5.91 Å². The molecule has 2 heterocycles. The smallest absolute Gasteiger partial charge is 0.270 e. The second-order valence-electron chi connectivity index (χ2n) is 4.11. The number of morpholine rings is 1. The number of H-pyrrole nitrogens is 1. The number of ether oxygens (including phenoxy) is 1. The van der Waals surface area contributed by atoms with Crippen LogP contribution < -0.4 is 5.32 Å². The van der Waals surface area contributed by atoms with E-state index in [2.05, 4.69) is 15.3 Å². The van der Waals surface area contributed by atoms with Gasteiger partial charge < -0.3 is 25.0 Å². The molecule has 8 nitrogen and oxygen atoms in total. The Morgan fingerprint density at radius 1 is 1.53 bits per heavy atom. The molecular weight excluding hydrogens is 252 g/mol. The molecule has 1 saturated heterocycles. The first kappa shape index (κ1) is 13.5. The minimum absolute atomic E-state index is 0.244. The second-order valence-corrected chi connectivity index (χ2v) is 4.11. The van der Waals surface area contributed by atoms with Gasteiger partial charge in [-0.3, -0.25) is 9.59 Å². The van der Waals surface area contributed by atoms with E-state index in [0.717, 1.165) is 0 Å². The molecule has 1 aliphatic rings. The van der Waals surface area contributed by atoms with Crippen molar-refractivity contribution in [2.24, 2.45) is 0 Å². The molecule has 0 saturated carbocycles. The number of aliphatic hydroxyl groups is 1. The van der Waals surface area contributed by atoms with Gasteiger partial charge in [0.15, 0.2) is 0 Å². The molecule has 1 atom stereocenters. The van der Waals surface area contributed by atoms with Crippen LogP contribution in [0.15, 0.2) is 12.5 Å². The molecule has 8 heteroatoms. The van der Waals surface area contributed by atoms with E-state index in [1.165, 1.54) is 12.5 Å². The third-order valence-electron chi connectivity index (χ3n) is 2.85. The van der Waals surface area contributed by atoms with Crippen LogP contribution in [0.5, 0.6) is 0 Å². The fourth-order valence-electron chi connectivity index (χ4n) is 1.81. The van der Waals surface area contributed by atoms with Gasteiger partial charge in [0.1, 0.15) is 11.7 Å². The molecule has 19 heavy (non-hydrogen) atoms. The summed E-state index contributed by atoms with van der Waals surface area (Å²) in [5.41, 5.74) is 0.244. The summed E-state index contributed by atoms with van der Waals surface area (Å²) in [5.74, 6) is -0.781. The summed E-state index contributed by atoms with van der Waals surface area (Å²) in [6, 6.07) is -0.950. The number of hydrogen-bond donors (Lipinski definition) is 3. The van der Waals surface area contributed by atoms with Crippen LogP contribution in [-0.4, -0.2) is 70.7 Å². The van der Waals surface area contributed by atoms with Crippen molar-refractivity contribution in [2.45, 2.75) is 6.04 Å². The molecule has 1 aliphatic heterocycles. The average Bonchev–Trinajstić information content (AvgIpc) is 2.99. The van der Waals surface area contributed by atoms with E-state index in [1.54, 1.807) is 4.90 Å². The number of aromatic nitrogens is 2. The standard InChI is InChI=1S/C11H16N4O4/c16-6-9(11(18)15-1-3-19-4-2-15)14-10(17)8-5-12-7-13-8/h5,7,9,16H,1-4,6H2,(H,12,13)(H,14,17)/t9-/m0/s1. The normalized spacial score (nSPS) is 17.0. The zero-order valence-corrected chi connectivity index (χ0v) is 10.3. The number of carbonyl (C=O) groups is 2. The third kappa shape index (κ3) is 3.30. The van der Waals surface area contributed by atoms with Crippen LogP contribution in [-0.2, 0) is 9.53 Å². The molecule has 0 unspecified atom stereocenters. The number of imidazole rings is 1.